The molecule has 9 heteroatoms. The number of methoxy groups -OCH3 is 1. The summed E-state index contributed by atoms with van der Waals surface area (Å²) in [4.78, 5) is 44.0. The van der Waals surface area contributed by atoms with Crippen molar-refractivity contribution in [3.63, 3.8) is 0 Å². The predicted octanol–water partition coefficient (Wildman–Crippen LogP) is 4.62. The summed E-state index contributed by atoms with van der Waals surface area (Å²) in [6.45, 7) is 5.16. The number of rotatable bonds is 4. The number of halogens is 1. The van der Waals surface area contributed by atoms with Gasteiger partial charge in [0.05, 0.1) is 18.4 Å². The first-order valence-electron chi connectivity index (χ1n) is 10.3. The molecule has 1 saturated heterocycles. The maximum Gasteiger partial charge on any atom is 0.350 e. The average molecular weight is 481 g/mol. The molecule has 174 valence electrons. The Labute approximate surface area is 199 Å². The second-order valence-corrected chi connectivity index (χ2v) is 8.89. The molecule has 1 aromatic heterocycles. The molecule has 2 aromatic carbocycles. The second-order valence-electron chi connectivity index (χ2n) is 7.91. The molecule has 2 heterocycles. The molecule has 0 aliphatic carbocycles. The highest BCUT2D eigenvalue weighted by Gasteiger charge is 2.49. The fourth-order valence-corrected chi connectivity index (χ4v) is 4.94. The van der Waals surface area contributed by atoms with Crippen LogP contribution in [0, 0.1) is 26.6 Å². The number of carbonyl (C=O) groups excluding carboxylic acids is 3. The van der Waals surface area contributed by atoms with Gasteiger partial charge < -0.3 is 9.84 Å². The van der Waals surface area contributed by atoms with E-state index >= 15 is 0 Å². The molecule has 0 bridgehead atoms. The largest absolute Gasteiger partial charge is 0.507 e. The summed E-state index contributed by atoms with van der Waals surface area (Å²) in [6, 6.07) is 9.76. The summed E-state index contributed by atoms with van der Waals surface area (Å²) in [6.07, 6.45) is 0. The van der Waals surface area contributed by atoms with E-state index in [0.29, 0.717) is 16.8 Å². The zero-order chi connectivity index (χ0) is 24.7. The Morgan fingerprint density at radius 2 is 1.85 bits per heavy atom. The first kappa shape index (κ1) is 23.3. The molecule has 0 saturated carbocycles. The van der Waals surface area contributed by atoms with Crippen LogP contribution in [0.3, 0.4) is 0 Å². The van der Waals surface area contributed by atoms with Crippen LogP contribution < -0.4 is 4.90 Å². The average Bonchev–Trinajstić information content (AvgIpc) is 3.31. The first-order chi connectivity index (χ1) is 16.1. The minimum Gasteiger partial charge on any atom is -0.507 e. The fraction of sp³-hybridized carbons (Fsp3) is 0.200. The summed E-state index contributed by atoms with van der Waals surface area (Å²) in [5.41, 5.74) is 1.94. The van der Waals surface area contributed by atoms with Crippen LogP contribution in [0.15, 0.2) is 48.0 Å². The molecule has 1 atom stereocenters. The van der Waals surface area contributed by atoms with Crippen LogP contribution in [-0.2, 0) is 14.3 Å². The second kappa shape index (κ2) is 8.83. The molecule has 1 unspecified atom stereocenters. The lowest BCUT2D eigenvalue weighted by atomic mass is 9.93. The fourth-order valence-electron chi connectivity index (χ4n) is 3.92. The van der Waals surface area contributed by atoms with Crippen LogP contribution >= 0.6 is 11.3 Å². The number of aryl methyl sites for hydroxylation is 3. The molecule has 34 heavy (non-hydrogen) atoms. The number of ether oxygens (including phenoxy) is 1. The molecule has 0 spiro atoms. The highest BCUT2D eigenvalue weighted by atomic mass is 32.1. The molecule has 1 N–H and O–H groups in total. The lowest BCUT2D eigenvalue weighted by Gasteiger charge is -2.23. The number of thiazole rings is 1. The molecule has 4 rings (SSSR count). The maximum atomic E-state index is 15.0. The molecule has 1 amide bonds. The maximum absolute atomic E-state index is 15.0. The van der Waals surface area contributed by atoms with E-state index in [9.17, 15) is 23.9 Å². The number of benzene rings is 2. The van der Waals surface area contributed by atoms with Crippen LogP contribution in [0.25, 0.3) is 5.76 Å². The van der Waals surface area contributed by atoms with E-state index in [1.165, 1.54) is 25.3 Å². The van der Waals surface area contributed by atoms with Crippen LogP contribution in [0.4, 0.5) is 9.52 Å². The van der Waals surface area contributed by atoms with Gasteiger partial charge in [0.2, 0.25) is 0 Å². The van der Waals surface area contributed by atoms with Gasteiger partial charge in [-0.1, -0.05) is 47.2 Å². The van der Waals surface area contributed by atoms with Gasteiger partial charge in [-0.05, 0) is 38.5 Å². The number of esters is 1. The van der Waals surface area contributed by atoms with Crippen molar-refractivity contribution < 1.29 is 28.6 Å². The van der Waals surface area contributed by atoms with Crippen molar-refractivity contribution in [3.05, 3.63) is 86.7 Å². The van der Waals surface area contributed by atoms with E-state index in [1.807, 2.05) is 13.0 Å². The molecule has 1 aliphatic rings. The van der Waals surface area contributed by atoms with Crippen molar-refractivity contribution in [2.45, 2.75) is 26.8 Å². The summed E-state index contributed by atoms with van der Waals surface area (Å²) in [7, 11) is 1.22. The minimum atomic E-state index is -1.28. The van der Waals surface area contributed by atoms with Crippen LogP contribution in [0.2, 0.25) is 0 Å². The number of Topliss-reactive ketones (excluding diaryl/α,β-unsaturated/α-hetero) is 1. The Bertz CT molecular complexity index is 1380. The van der Waals surface area contributed by atoms with Gasteiger partial charge >= 0.3 is 11.9 Å². The van der Waals surface area contributed by atoms with Gasteiger partial charge in [-0.15, -0.1) is 0 Å². The zero-order valence-electron chi connectivity index (χ0n) is 18.9. The Kier molecular flexibility index (Phi) is 6.05. The number of aliphatic hydroxyl groups is 1. The number of hydrogen-bond acceptors (Lipinski definition) is 7. The van der Waals surface area contributed by atoms with E-state index in [4.69, 9.17) is 4.74 Å². The SMILES string of the molecule is COC(=O)c1sc(N2C(=O)C(=O)C(=C(O)c3cc(C)ccc3C)C2c2ccccc2F)nc1C. The zero-order valence-corrected chi connectivity index (χ0v) is 19.7. The third kappa shape index (κ3) is 3.77. The smallest absolute Gasteiger partial charge is 0.350 e. The quantitative estimate of drug-likeness (QED) is 0.253. The Hall–Kier alpha value is -3.85. The number of aliphatic hydroxyl groups excluding tert-OH is 1. The summed E-state index contributed by atoms with van der Waals surface area (Å²) in [5.74, 6) is -3.66. The summed E-state index contributed by atoms with van der Waals surface area (Å²) >= 11 is 0.855. The van der Waals surface area contributed by atoms with Gasteiger partial charge in [0.1, 0.15) is 22.5 Å². The number of carbonyl (C=O) groups is 3. The number of amides is 1. The van der Waals surface area contributed by atoms with E-state index in [2.05, 4.69) is 4.98 Å². The number of aromatic nitrogens is 1. The van der Waals surface area contributed by atoms with Gasteiger partial charge in [0, 0.05) is 11.1 Å². The molecular formula is C25H21FN2O5S. The van der Waals surface area contributed by atoms with Gasteiger partial charge in [0.25, 0.3) is 5.78 Å². The molecule has 7 nitrogen and oxygen atoms in total. The van der Waals surface area contributed by atoms with Crippen molar-refractivity contribution in [3.8, 4) is 0 Å². The Balaban J connectivity index is 1.99. The third-order valence-electron chi connectivity index (χ3n) is 5.65. The predicted molar refractivity (Wildman–Crippen MR) is 125 cm³/mol. The first-order valence-corrected chi connectivity index (χ1v) is 11.2. The lowest BCUT2D eigenvalue weighted by molar-refractivity contribution is -0.132. The standard InChI is InChI=1S/C25H21FN2O5S/c1-12-9-10-13(2)16(11-12)20(29)18-19(15-7-5-6-8-17(15)26)28(23(31)21(18)30)25-27-14(3)22(34-25)24(32)33-4/h5-11,19,29H,1-4H3. The van der Waals surface area contributed by atoms with E-state index in [1.54, 1.807) is 32.0 Å². The normalized spacial score (nSPS) is 17.3. The minimum absolute atomic E-state index is 0.0148. The van der Waals surface area contributed by atoms with Crippen LogP contribution in [-0.4, -0.2) is 34.9 Å². The molecule has 3 aromatic rings. The number of hydrogen-bond donors (Lipinski definition) is 1. The lowest BCUT2D eigenvalue weighted by Crippen LogP contribution is -2.29. The summed E-state index contributed by atoms with van der Waals surface area (Å²) < 4.78 is 19.8. The van der Waals surface area contributed by atoms with Crippen LogP contribution in [0.1, 0.15) is 43.7 Å². The third-order valence-corrected chi connectivity index (χ3v) is 6.79. The number of anilines is 1. The molecular weight excluding hydrogens is 459 g/mol. The van der Waals surface area contributed by atoms with Gasteiger partial charge in [-0.3, -0.25) is 14.5 Å². The molecule has 1 fully saturated rings. The number of nitrogens with zero attached hydrogens (tertiary/aromatic N) is 2. The van der Waals surface area contributed by atoms with Gasteiger partial charge in [-0.25, -0.2) is 14.2 Å². The van der Waals surface area contributed by atoms with Crippen molar-refractivity contribution in [1.82, 2.24) is 4.98 Å². The van der Waals surface area contributed by atoms with Crippen molar-refractivity contribution >= 4 is 39.9 Å². The molecule has 0 radical (unpaired) electrons. The van der Waals surface area contributed by atoms with E-state index < -0.39 is 35.3 Å². The highest BCUT2D eigenvalue weighted by Crippen LogP contribution is 2.44. The monoisotopic (exact) mass is 480 g/mol. The van der Waals surface area contributed by atoms with E-state index in [-0.39, 0.29) is 21.1 Å². The Morgan fingerprint density at radius 3 is 2.53 bits per heavy atom. The number of ketones is 1. The van der Waals surface area contributed by atoms with E-state index in [0.717, 1.165) is 21.8 Å². The molecule has 1 aliphatic heterocycles. The van der Waals surface area contributed by atoms with Crippen molar-refractivity contribution in [1.29, 1.82) is 0 Å². The van der Waals surface area contributed by atoms with Crippen molar-refractivity contribution in [2.24, 2.45) is 0 Å². The topological polar surface area (TPSA) is 96.8 Å². The highest BCUT2D eigenvalue weighted by molar-refractivity contribution is 7.17. The van der Waals surface area contributed by atoms with Crippen LogP contribution in [0.5, 0.6) is 0 Å². The summed E-state index contributed by atoms with van der Waals surface area (Å²) in [5, 5.41) is 11.3. The van der Waals surface area contributed by atoms with Gasteiger partial charge in [0.15, 0.2) is 5.13 Å². The van der Waals surface area contributed by atoms with Crippen molar-refractivity contribution in [2.75, 3.05) is 12.0 Å². The Morgan fingerprint density at radius 1 is 1.15 bits per heavy atom. The van der Waals surface area contributed by atoms with Gasteiger partial charge in [-0.2, -0.15) is 0 Å².